The lowest BCUT2D eigenvalue weighted by atomic mass is 9.44. The first-order chi connectivity index (χ1) is 13.3. The molecule has 0 radical (unpaired) electrons. The zero-order valence-electron chi connectivity index (χ0n) is 19.2. The van der Waals surface area contributed by atoms with Crippen molar-refractivity contribution in [1.82, 2.24) is 5.32 Å². The van der Waals surface area contributed by atoms with Crippen LogP contribution in [0.2, 0.25) is 0 Å². The fourth-order valence-electron chi connectivity index (χ4n) is 9.74. The van der Waals surface area contributed by atoms with Crippen molar-refractivity contribution in [1.29, 1.82) is 0 Å². The molecule has 0 spiro atoms. The van der Waals surface area contributed by atoms with Crippen LogP contribution in [0.15, 0.2) is 0 Å². The minimum absolute atomic E-state index is 0.363. The molecular weight excluding hydrogens is 342 g/mol. The highest BCUT2D eigenvalue weighted by atomic mass is 16.5. The van der Waals surface area contributed by atoms with E-state index in [9.17, 15) is 0 Å². The van der Waals surface area contributed by atoms with Gasteiger partial charge in [-0.3, -0.25) is 0 Å². The van der Waals surface area contributed by atoms with E-state index in [-0.39, 0.29) is 0 Å². The van der Waals surface area contributed by atoms with E-state index in [1.165, 1.54) is 70.8 Å². The molecular formula is C26H45NO. The van der Waals surface area contributed by atoms with Crippen LogP contribution in [0.1, 0.15) is 91.9 Å². The second-order valence-corrected chi connectivity index (χ2v) is 12.7. The molecule has 4 saturated carbocycles. The Balaban J connectivity index is 1.35. The molecule has 2 unspecified atom stereocenters. The van der Waals surface area contributed by atoms with Gasteiger partial charge in [-0.05, 0) is 131 Å². The Labute approximate surface area is 173 Å². The van der Waals surface area contributed by atoms with Crippen LogP contribution < -0.4 is 5.32 Å². The number of ether oxygens (including phenoxy) is 1. The predicted molar refractivity (Wildman–Crippen MR) is 116 cm³/mol. The summed E-state index contributed by atoms with van der Waals surface area (Å²) in [6.07, 6.45) is 15.1. The van der Waals surface area contributed by atoms with Gasteiger partial charge >= 0.3 is 0 Å². The van der Waals surface area contributed by atoms with Crippen LogP contribution in [0.4, 0.5) is 0 Å². The van der Waals surface area contributed by atoms with E-state index in [1.54, 1.807) is 0 Å². The van der Waals surface area contributed by atoms with Crippen LogP contribution in [0, 0.1) is 46.3 Å². The van der Waals surface area contributed by atoms with E-state index in [4.69, 9.17) is 4.74 Å². The maximum atomic E-state index is 5.79. The average molecular weight is 388 g/mol. The van der Waals surface area contributed by atoms with Crippen molar-refractivity contribution in [2.24, 2.45) is 46.3 Å². The van der Waals surface area contributed by atoms with Crippen LogP contribution in [0.3, 0.4) is 0 Å². The Morgan fingerprint density at radius 2 is 1.50 bits per heavy atom. The number of nitrogens with one attached hydrogen (secondary N) is 1. The third-order valence-electron chi connectivity index (χ3n) is 11.2. The predicted octanol–water partition coefficient (Wildman–Crippen LogP) is 6.05. The van der Waals surface area contributed by atoms with Gasteiger partial charge in [0.15, 0.2) is 0 Å². The number of hydrogen-bond acceptors (Lipinski definition) is 2. The van der Waals surface area contributed by atoms with E-state index < -0.39 is 0 Å². The minimum atomic E-state index is 0.363. The monoisotopic (exact) mass is 387 g/mol. The minimum Gasteiger partial charge on any atom is -0.381 e. The van der Waals surface area contributed by atoms with Crippen LogP contribution in [0.25, 0.3) is 0 Å². The van der Waals surface area contributed by atoms with Crippen LogP contribution in [-0.4, -0.2) is 25.3 Å². The van der Waals surface area contributed by atoms with E-state index in [1.807, 2.05) is 7.11 Å². The van der Waals surface area contributed by atoms with Crippen molar-refractivity contribution < 1.29 is 4.74 Å². The lowest BCUT2D eigenvalue weighted by Gasteiger charge is -2.61. The molecule has 1 heterocycles. The zero-order valence-corrected chi connectivity index (χ0v) is 19.2. The molecule has 1 N–H and O–H groups in total. The lowest BCUT2D eigenvalue weighted by molar-refractivity contribution is -0.132. The Morgan fingerprint density at radius 1 is 0.786 bits per heavy atom. The summed E-state index contributed by atoms with van der Waals surface area (Å²) in [6.45, 7) is 11.5. The smallest absolute Gasteiger partial charge is 0.0574 e. The normalized spacial score (nSPS) is 55.4. The van der Waals surface area contributed by atoms with E-state index >= 15 is 0 Å². The van der Waals surface area contributed by atoms with Crippen LogP contribution in [0.5, 0.6) is 0 Å². The fourth-order valence-corrected chi connectivity index (χ4v) is 9.74. The highest BCUT2D eigenvalue weighted by molar-refractivity contribution is 5.11. The first-order valence-corrected chi connectivity index (χ1v) is 12.5. The van der Waals surface area contributed by atoms with Crippen molar-refractivity contribution >= 4 is 0 Å². The molecule has 0 amide bonds. The molecule has 9 atom stereocenters. The SMILES string of the molecule is CO[C@@H]1CC[C@]2(C)C3CC[C@]4(C)[C@@H]([C@@H]5CNC(C)(C)C5)CC[C@H]4C3CC[C@H]2C1. The molecule has 0 aromatic heterocycles. The second kappa shape index (κ2) is 6.71. The largest absolute Gasteiger partial charge is 0.381 e. The van der Waals surface area contributed by atoms with Gasteiger partial charge in [0.05, 0.1) is 6.10 Å². The standard InChI is InChI=1S/C26H45NO/c1-24(2)15-17(16-27-24)21-8-9-22-20-7-6-18-14-19(28-5)10-12-25(18,3)23(20)11-13-26(21,22)4/h17-23,27H,6-16H2,1-5H3/t17-,18-,19+,20?,21+,22-,23?,25-,26+/m0/s1. The topological polar surface area (TPSA) is 21.3 Å². The van der Waals surface area contributed by atoms with Gasteiger partial charge in [0.1, 0.15) is 0 Å². The van der Waals surface area contributed by atoms with E-state index in [0.717, 1.165) is 35.5 Å². The first kappa shape index (κ1) is 19.9. The zero-order chi connectivity index (χ0) is 19.7. The van der Waals surface area contributed by atoms with Gasteiger partial charge in [0.2, 0.25) is 0 Å². The first-order valence-electron chi connectivity index (χ1n) is 12.5. The van der Waals surface area contributed by atoms with Gasteiger partial charge in [-0.15, -0.1) is 0 Å². The molecule has 2 nitrogen and oxygen atoms in total. The van der Waals surface area contributed by atoms with Gasteiger partial charge < -0.3 is 10.1 Å². The van der Waals surface area contributed by atoms with Gasteiger partial charge in [-0.1, -0.05) is 13.8 Å². The summed E-state index contributed by atoms with van der Waals surface area (Å²) >= 11 is 0. The number of fused-ring (bicyclic) bond motifs is 5. The summed E-state index contributed by atoms with van der Waals surface area (Å²) in [5.41, 5.74) is 1.59. The third-order valence-corrected chi connectivity index (χ3v) is 11.2. The molecule has 28 heavy (non-hydrogen) atoms. The Morgan fingerprint density at radius 3 is 2.21 bits per heavy atom. The summed E-state index contributed by atoms with van der Waals surface area (Å²) in [5, 5.41) is 3.83. The van der Waals surface area contributed by atoms with Crippen LogP contribution >= 0.6 is 0 Å². The molecule has 2 heteroatoms. The molecule has 0 bridgehead atoms. The summed E-state index contributed by atoms with van der Waals surface area (Å²) in [7, 11) is 1.93. The molecule has 160 valence electrons. The molecule has 0 aromatic rings. The molecule has 1 aliphatic heterocycles. The second-order valence-electron chi connectivity index (χ2n) is 12.7. The summed E-state index contributed by atoms with van der Waals surface area (Å²) < 4.78 is 5.79. The fraction of sp³-hybridized carbons (Fsp3) is 1.00. The van der Waals surface area contributed by atoms with E-state index in [2.05, 4.69) is 33.0 Å². The highest BCUT2D eigenvalue weighted by Crippen LogP contribution is 2.68. The quantitative estimate of drug-likeness (QED) is 0.623. The molecule has 5 aliphatic rings. The summed E-state index contributed by atoms with van der Waals surface area (Å²) in [5.74, 6) is 5.85. The molecule has 4 aliphatic carbocycles. The molecule has 5 rings (SSSR count). The molecule has 5 fully saturated rings. The summed E-state index contributed by atoms with van der Waals surface area (Å²) in [6, 6.07) is 0. The third kappa shape index (κ3) is 2.87. The molecule has 1 saturated heterocycles. The maximum absolute atomic E-state index is 5.79. The maximum Gasteiger partial charge on any atom is 0.0574 e. The van der Waals surface area contributed by atoms with Crippen molar-refractivity contribution in [2.45, 2.75) is 104 Å². The lowest BCUT2D eigenvalue weighted by Crippen LogP contribution is -2.54. The van der Waals surface area contributed by atoms with Crippen molar-refractivity contribution in [3.8, 4) is 0 Å². The van der Waals surface area contributed by atoms with Gasteiger partial charge in [-0.25, -0.2) is 0 Å². The number of hydrogen-bond donors (Lipinski definition) is 1. The Kier molecular flexibility index (Phi) is 4.76. The van der Waals surface area contributed by atoms with Gasteiger partial charge in [0, 0.05) is 12.6 Å². The molecule has 0 aromatic carbocycles. The highest BCUT2D eigenvalue weighted by Gasteiger charge is 2.61. The van der Waals surface area contributed by atoms with Gasteiger partial charge in [0.25, 0.3) is 0 Å². The van der Waals surface area contributed by atoms with E-state index in [0.29, 0.717) is 22.5 Å². The summed E-state index contributed by atoms with van der Waals surface area (Å²) in [4.78, 5) is 0. The van der Waals surface area contributed by atoms with Crippen molar-refractivity contribution in [3.63, 3.8) is 0 Å². The Bertz CT molecular complexity index is 601. The van der Waals surface area contributed by atoms with Gasteiger partial charge in [-0.2, -0.15) is 0 Å². The average Bonchev–Trinajstić information content (AvgIpc) is 3.19. The number of rotatable bonds is 2. The van der Waals surface area contributed by atoms with Crippen LogP contribution in [-0.2, 0) is 4.74 Å². The Hall–Kier alpha value is -0.0800. The van der Waals surface area contributed by atoms with Crippen molar-refractivity contribution in [2.75, 3.05) is 13.7 Å². The van der Waals surface area contributed by atoms with Crippen molar-refractivity contribution in [3.05, 3.63) is 0 Å². The number of methoxy groups -OCH3 is 1.